The van der Waals surface area contributed by atoms with E-state index >= 15 is 0 Å². The van der Waals surface area contributed by atoms with Crippen LogP contribution in [0.15, 0.2) is 36.8 Å². The fourth-order valence-corrected chi connectivity index (χ4v) is 5.15. The standard InChI is InChI=1S/C26H24F4N8/c1-14(15-2-5-21(32-8-15)38-12-25(27,13-38)17-3-4-17)36-24-35-9-16(7-31)22(37-24)20-11-34-23-19(20)6-18(10-33-23)26(28,29)30/h2,5-6,8-10,14,17,20H,3-4,11-13H2,1H3,(H,33,34)(H,35,36,37). The molecule has 5 heterocycles. The first-order chi connectivity index (χ1) is 18.1. The van der Waals surface area contributed by atoms with Crippen molar-refractivity contribution in [2.24, 2.45) is 5.92 Å². The second-order valence-electron chi connectivity index (χ2n) is 10.2. The summed E-state index contributed by atoms with van der Waals surface area (Å²) in [5.41, 5.74) is -0.261. The van der Waals surface area contributed by atoms with E-state index in [0.717, 1.165) is 36.5 Å². The molecule has 196 valence electrons. The number of alkyl halides is 4. The number of nitrogens with one attached hydrogen (secondary N) is 2. The van der Waals surface area contributed by atoms with Crippen LogP contribution in [-0.4, -0.2) is 45.2 Å². The van der Waals surface area contributed by atoms with E-state index in [1.807, 2.05) is 30.0 Å². The number of anilines is 3. The Kier molecular flexibility index (Phi) is 5.63. The zero-order valence-electron chi connectivity index (χ0n) is 20.4. The van der Waals surface area contributed by atoms with E-state index in [9.17, 15) is 22.8 Å². The van der Waals surface area contributed by atoms with Gasteiger partial charge in [0, 0.05) is 30.4 Å². The van der Waals surface area contributed by atoms with E-state index in [0.29, 0.717) is 30.2 Å². The average molecular weight is 525 g/mol. The van der Waals surface area contributed by atoms with Crippen molar-refractivity contribution in [3.8, 4) is 6.07 Å². The molecule has 2 unspecified atom stereocenters. The molecule has 2 N–H and O–H groups in total. The van der Waals surface area contributed by atoms with Gasteiger partial charge in [-0.3, -0.25) is 0 Å². The van der Waals surface area contributed by atoms with E-state index < -0.39 is 23.3 Å². The van der Waals surface area contributed by atoms with Crippen molar-refractivity contribution in [3.05, 3.63) is 64.7 Å². The largest absolute Gasteiger partial charge is 0.417 e. The lowest BCUT2D eigenvalue weighted by atomic mass is 9.91. The molecule has 6 rings (SSSR count). The second-order valence-corrected chi connectivity index (χ2v) is 10.2. The van der Waals surface area contributed by atoms with Crippen LogP contribution in [0.1, 0.15) is 59.7 Å². The first kappa shape index (κ1) is 24.3. The van der Waals surface area contributed by atoms with Crippen LogP contribution in [0.2, 0.25) is 0 Å². The van der Waals surface area contributed by atoms with Crippen molar-refractivity contribution >= 4 is 17.6 Å². The predicted octanol–water partition coefficient (Wildman–Crippen LogP) is 4.83. The molecule has 38 heavy (non-hydrogen) atoms. The highest BCUT2D eigenvalue weighted by Gasteiger charge is 2.54. The van der Waals surface area contributed by atoms with Crippen LogP contribution >= 0.6 is 0 Å². The second kappa shape index (κ2) is 8.79. The molecule has 3 aliphatic rings. The normalized spacial score (nSPS) is 20.6. The average Bonchev–Trinajstić information content (AvgIpc) is 3.66. The summed E-state index contributed by atoms with van der Waals surface area (Å²) in [6.45, 7) is 2.90. The van der Waals surface area contributed by atoms with Gasteiger partial charge in [0.25, 0.3) is 0 Å². The SMILES string of the molecule is CC(Nc1ncc(C#N)c(C2CNc3ncc(C(F)(F)F)cc32)n1)c1ccc(N2CC(F)(C3CC3)C2)nc1. The maximum atomic E-state index is 14.7. The fraction of sp³-hybridized carbons (Fsp3) is 0.423. The van der Waals surface area contributed by atoms with Gasteiger partial charge in [0.15, 0.2) is 0 Å². The lowest BCUT2D eigenvalue weighted by Crippen LogP contribution is -2.60. The molecule has 0 radical (unpaired) electrons. The Morgan fingerprint density at radius 2 is 1.95 bits per heavy atom. The minimum Gasteiger partial charge on any atom is -0.369 e. The summed E-state index contributed by atoms with van der Waals surface area (Å²) in [6, 6.07) is 6.60. The van der Waals surface area contributed by atoms with E-state index in [1.54, 1.807) is 6.20 Å². The molecule has 2 fully saturated rings. The van der Waals surface area contributed by atoms with Crippen LogP contribution in [-0.2, 0) is 6.18 Å². The van der Waals surface area contributed by atoms with Gasteiger partial charge in [0.1, 0.15) is 23.4 Å². The Bertz CT molecular complexity index is 1410. The van der Waals surface area contributed by atoms with Crippen LogP contribution in [0.3, 0.4) is 0 Å². The summed E-state index contributed by atoms with van der Waals surface area (Å²) in [5.74, 6) is 0.897. The maximum absolute atomic E-state index is 14.7. The molecule has 3 aromatic rings. The molecule has 2 aliphatic heterocycles. The molecule has 1 saturated carbocycles. The summed E-state index contributed by atoms with van der Waals surface area (Å²) in [6.07, 6.45) is 1.27. The maximum Gasteiger partial charge on any atom is 0.417 e. The Hall–Kier alpha value is -4.01. The molecule has 0 aromatic carbocycles. The topological polar surface area (TPSA) is 103 Å². The number of hydrogen-bond donors (Lipinski definition) is 2. The van der Waals surface area contributed by atoms with E-state index in [4.69, 9.17) is 0 Å². The zero-order chi connectivity index (χ0) is 26.7. The van der Waals surface area contributed by atoms with Gasteiger partial charge in [-0.25, -0.2) is 24.3 Å². The van der Waals surface area contributed by atoms with Crippen molar-refractivity contribution in [1.82, 2.24) is 19.9 Å². The summed E-state index contributed by atoms with van der Waals surface area (Å²) in [5, 5.41) is 15.8. The van der Waals surface area contributed by atoms with E-state index in [1.165, 1.54) is 6.20 Å². The minimum absolute atomic E-state index is 0.177. The summed E-state index contributed by atoms with van der Waals surface area (Å²) in [4.78, 5) is 19.1. The Morgan fingerprint density at radius 3 is 2.61 bits per heavy atom. The lowest BCUT2D eigenvalue weighted by molar-refractivity contribution is -0.137. The van der Waals surface area contributed by atoms with Crippen LogP contribution in [0.4, 0.5) is 35.1 Å². The van der Waals surface area contributed by atoms with Gasteiger partial charge < -0.3 is 15.5 Å². The van der Waals surface area contributed by atoms with Gasteiger partial charge in [-0.1, -0.05) is 6.07 Å². The number of rotatable bonds is 6. The van der Waals surface area contributed by atoms with Gasteiger partial charge in [-0.05, 0) is 43.4 Å². The number of fused-ring (bicyclic) bond motifs is 1. The fourth-order valence-electron chi connectivity index (χ4n) is 5.15. The van der Waals surface area contributed by atoms with Crippen LogP contribution in [0, 0.1) is 17.2 Å². The molecule has 0 spiro atoms. The zero-order valence-corrected chi connectivity index (χ0v) is 20.4. The molecule has 0 bridgehead atoms. The lowest BCUT2D eigenvalue weighted by Gasteiger charge is -2.45. The molecule has 1 saturated heterocycles. The number of nitrogens with zero attached hydrogens (tertiary/aromatic N) is 6. The van der Waals surface area contributed by atoms with Crippen molar-refractivity contribution in [2.75, 3.05) is 35.2 Å². The number of halogens is 4. The highest BCUT2D eigenvalue weighted by Crippen LogP contribution is 2.48. The third-order valence-electron chi connectivity index (χ3n) is 7.52. The summed E-state index contributed by atoms with van der Waals surface area (Å²) in [7, 11) is 0. The monoisotopic (exact) mass is 524 g/mol. The van der Waals surface area contributed by atoms with Crippen molar-refractivity contribution in [2.45, 2.75) is 43.6 Å². The molecular formula is C26H24F4N8. The van der Waals surface area contributed by atoms with E-state index in [-0.39, 0.29) is 30.0 Å². The number of nitriles is 1. The van der Waals surface area contributed by atoms with Crippen molar-refractivity contribution in [3.63, 3.8) is 0 Å². The number of pyridine rings is 2. The van der Waals surface area contributed by atoms with Crippen LogP contribution < -0.4 is 15.5 Å². The first-order valence-electron chi connectivity index (χ1n) is 12.4. The smallest absolute Gasteiger partial charge is 0.369 e. The Balaban J connectivity index is 1.19. The van der Waals surface area contributed by atoms with Gasteiger partial charge in [-0.2, -0.15) is 18.4 Å². The Morgan fingerprint density at radius 1 is 1.16 bits per heavy atom. The highest BCUT2D eigenvalue weighted by atomic mass is 19.4. The minimum atomic E-state index is -4.54. The van der Waals surface area contributed by atoms with Gasteiger partial charge >= 0.3 is 6.18 Å². The third kappa shape index (κ3) is 4.36. The molecule has 12 heteroatoms. The van der Waals surface area contributed by atoms with E-state index in [2.05, 4.69) is 30.6 Å². The first-order valence-corrected chi connectivity index (χ1v) is 12.4. The molecular weight excluding hydrogens is 500 g/mol. The van der Waals surface area contributed by atoms with Crippen molar-refractivity contribution < 1.29 is 17.6 Å². The highest BCUT2D eigenvalue weighted by molar-refractivity contribution is 5.58. The molecule has 0 amide bonds. The number of hydrogen-bond acceptors (Lipinski definition) is 8. The number of aromatic nitrogens is 4. The molecule has 3 aromatic heterocycles. The van der Waals surface area contributed by atoms with Gasteiger partial charge in [-0.15, -0.1) is 0 Å². The summed E-state index contributed by atoms with van der Waals surface area (Å²) >= 11 is 0. The molecule has 1 aliphatic carbocycles. The quantitative estimate of drug-likeness (QED) is 0.443. The predicted molar refractivity (Wildman–Crippen MR) is 131 cm³/mol. The van der Waals surface area contributed by atoms with Crippen LogP contribution in [0.25, 0.3) is 0 Å². The third-order valence-corrected chi connectivity index (χ3v) is 7.52. The Labute approximate surface area is 216 Å². The molecule has 2 atom stereocenters. The van der Waals surface area contributed by atoms with Crippen LogP contribution in [0.5, 0.6) is 0 Å². The van der Waals surface area contributed by atoms with Crippen molar-refractivity contribution in [1.29, 1.82) is 5.26 Å². The summed E-state index contributed by atoms with van der Waals surface area (Å²) < 4.78 is 54.5. The molecule has 8 nitrogen and oxygen atoms in total. The van der Waals surface area contributed by atoms with Gasteiger partial charge in [0.05, 0.1) is 42.1 Å². The van der Waals surface area contributed by atoms with Gasteiger partial charge in [0.2, 0.25) is 5.95 Å².